The Kier molecular flexibility index (Phi) is 13.9. The molecule has 0 saturated heterocycles. The molecule has 0 atom stereocenters. The van der Waals surface area contributed by atoms with Gasteiger partial charge < -0.3 is 9.80 Å². The second kappa shape index (κ2) is 26.9. The third kappa shape index (κ3) is 15.3. The molecule has 2 aliphatic heterocycles. The van der Waals surface area contributed by atoms with Gasteiger partial charge in [0.25, 0.3) is 6.71 Å². The van der Waals surface area contributed by atoms with Crippen molar-refractivity contribution in [3.8, 4) is 66.8 Å². The van der Waals surface area contributed by atoms with Crippen molar-refractivity contribution in [2.24, 2.45) is 0 Å². The molecule has 0 amide bonds. The molecule has 0 bridgehead atoms. The monoisotopic (exact) mass is 1460 g/mol. The molecule has 0 aliphatic carbocycles. The number of hydrogen-bond acceptors (Lipinski definition) is 2. The molecule has 0 saturated carbocycles. The Bertz CT molecular complexity index is 6000. The first-order chi connectivity index (χ1) is 58.7. The minimum Gasteiger partial charge on any atom is -0.310 e. The van der Waals surface area contributed by atoms with E-state index in [1.54, 1.807) is 57.4 Å². The van der Waals surface area contributed by atoms with Crippen LogP contribution < -0.4 is 26.2 Å². The Balaban J connectivity index is 1.40. The number of para-hydroxylation sites is 2. The largest absolute Gasteiger partial charge is 0.310 e. The summed E-state index contributed by atoms with van der Waals surface area (Å²) in [6.07, 6.45) is 0. The van der Waals surface area contributed by atoms with Crippen LogP contribution >= 0.6 is 0 Å². The topological polar surface area (TPSA) is 6.48 Å². The van der Waals surface area contributed by atoms with Crippen LogP contribution in [0.5, 0.6) is 0 Å². The van der Waals surface area contributed by atoms with Gasteiger partial charge in [-0.2, -0.15) is 0 Å². The Labute approximate surface area is 687 Å². The van der Waals surface area contributed by atoms with Gasteiger partial charge in [0.05, 0.1) is 38.8 Å². The maximum absolute atomic E-state index is 10.9. The molecule has 3 heteroatoms. The van der Waals surface area contributed by atoms with Crippen molar-refractivity contribution in [2.45, 2.75) is 262 Å². The summed E-state index contributed by atoms with van der Waals surface area (Å²) in [5.74, 6) is 0. The SMILES string of the molecule is [2H]c1c([2H])c(-c2c([2H])c([2H])c(C(C)(C)C)c([2H])c2[2H])c(N2c3ccc(-c4cc(C(C)(C)C)cc(C(C)(C)C)c4)cc3B3c4cc(-c5cc(C(C)(C)C)cc(C(C)(C)C)c5)ccc4N(c4c(-c5c([2H])c([2H])c(C(C)(C)C)c([2H])c5[2H])c([2H])c([2H])c([2H])c4-c4c([2H])c(C(C)(C)C)c([2H])c(C(C)(C)C)c4[2H])c4cccc2c43)c(-c2c([2H])c(C(C)(C)C)c([2H])c(C(C)(C)C)c2[2H])c1[2H]. The fourth-order valence-corrected chi connectivity index (χ4v) is 14.4. The van der Waals surface area contributed by atoms with Crippen LogP contribution in [0.15, 0.2) is 212 Å². The first-order valence-electron chi connectivity index (χ1n) is 48.9. The molecule has 0 radical (unpaired) electrons. The summed E-state index contributed by atoms with van der Waals surface area (Å²) in [5, 5.41) is 0. The molecule has 2 aliphatic rings. The lowest BCUT2D eigenvalue weighted by atomic mass is 9.33. The molecule has 13 rings (SSSR count). The van der Waals surface area contributed by atoms with Crippen molar-refractivity contribution in [1.82, 2.24) is 0 Å². The highest BCUT2D eigenvalue weighted by Crippen LogP contribution is 2.55. The highest BCUT2D eigenvalue weighted by Gasteiger charge is 2.46. The van der Waals surface area contributed by atoms with Gasteiger partial charge in [-0.25, -0.2) is 0 Å². The van der Waals surface area contributed by atoms with E-state index in [0.29, 0.717) is 27.8 Å². The Morgan fingerprint density at radius 3 is 0.761 bits per heavy atom. The van der Waals surface area contributed by atoms with Crippen LogP contribution in [0.3, 0.4) is 0 Å². The molecule has 0 aromatic heterocycles. The summed E-state index contributed by atoms with van der Waals surface area (Å²) in [4.78, 5) is 3.58. The molecule has 109 heavy (non-hydrogen) atoms. The first kappa shape index (κ1) is 56.3. The van der Waals surface area contributed by atoms with Crippen molar-refractivity contribution in [3.05, 3.63) is 267 Å². The van der Waals surface area contributed by atoms with E-state index in [1.165, 1.54) is 0 Å². The van der Waals surface area contributed by atoms with E-state index >= 15 is 0 Å². The normalized spacial score (nSPS) is 16.5. The predicted molar refractivity (Wildman–Crippen MR) is 480 cm³/mol. The molecular weight excluding hydrogens is 1310 g/mol. The Hall–Kier alpha value is -8.92. The van der Waals surface area contributed by atoms with Gasteiger partial charge in [0.1, 0.15) is 0 Å². The predicted octanol–water partition coefficient (Wildman–Crippen LogP) is 28.7. The average molecular weight is 1460 g/mol. The second-order valence-corrected chi connectivity index (χ2v) is 40.9. The van der Waals surface area contributed by atoms with Gasteiger partial charge in [-0.05, 0) is 195 Å². The lowest BCUT2D eigenvalue weighted by Gasteiger charge is -2.46. The average Bonchev–Trinajstić information content (AvgIpc) is 0.674. The van der Waals surface area contributed by atoms with E-state index in [9.17, 15) is 27.4 Å². The molecule has 2 heterocycles. The molecule has 11 aromatic rings. The highest BCUT2D eigenvalue weighted by atomic mass is 15.2. The van der Waals surface area contributed by atoms with Crippen molar-refractivity contribution >= 4 is 57.2 Å². The van der Waals surface area contributed by atoms with Crippen LogP contribution in [0, 0.1) is 0 Å². The van der Waals surface area contributed by atoms with Gasteiger partial charge in [-0.15, -0.1) is 0 Å². The summed E-state index contributed by atoms with van der Waals surface area (Å²) >= 11 is 0. The lowest BCUT2D eigenvalue weighted by Crippen LogP contribution is -2.61. The summed E-state index contributed by atoms with van der Waals surface area (Å²) < 4.78 is 210. The number of hydrogen-bond donors (Lipinski definition) is 0. The molecule has 0 fully saturated rings. The fraction of sp³-hybridized carbons (Fsp3) is 0.377. The number of rotatable bonds is 8. The quantitative estimate of drug-likeness (QED) is 0.140. The second-order valence-electron chi connectivity index (χ2n) is 40.9. The number of nitrogens with zero attached hydrogens (tertiary/aromatic N) is 2. The molecule has 562 valence electrons. The molecule has 0 spiro atoms. The van der Waals surface area contributed by atoms with Gasteiger partial charge in [0.2, 0.25) is 0 Å². The van der Waals surface area contributed by atoms with Crippen molar-refractivity contribution in [3.63, 3.8) is 0 Å². The first-order valence-corrected chi connectivity index (χ1v) is 38.9. The van der Waals surface area contributed by atoms with E-state index < -0.39 is 157 Å². The van der Waals surface area contributed by atoms with E-state index in [1.807, 2.05) is 119 Å². The minimum atomic E-state index is -1.02. The minimum absolute atomic E-state index is 0.0612. The van der Waals surface area contributed by atoms with Gasteiger partial charge in [-0.3, -0.25) is 0 Å². The van der Waals surface area contributed by atoms with E-state index in [-0.39, 0.29) is 126 Å². The van der Waals surface area contributed by atoms with Crippen LogP contribution in [0.1, 0.15) is 291 Å². The smallest absolute Gasteiger partial charge is 0.252 e. The number of benzene rings is 11. The van der Waals surface area contributed by atoms with Gasteiger partial charge in [0.15, 0.2) is 0 Å². The number of fused-ring (bicyclic) bond motifs is 4. The van der Waals surface area contributed by atoms with Crippen LogP contribution in [-0.2, 0) is 54.1 Å². The fourth-order valence-electron chi connectivity index (χ4n) is 14.4. The molecule has 2 nitrogen and oxygen atoms in total. The molecule has 0 N–H and O–H groups in total. The Morgan fingerprint density at radius 1 is 0.229 bits per heavy atom. The summed E-state index contributed by atoms with van der Waals surface area (Å²) in [5.41, 5.74) is 0.182. The maximum Gasteiger partial charge on any atom is 0.252 e. The van der Waals surface area contributed by atoms with Crippen LogP contribution in [0.25, 0.3) is 66.8 Å². The van der Waals surface area contributed by atoms with Crippen molar-refractivity contribution in [2.75, 3.05) is 9.80 Å². The van der Waals surface area contributed by atoms with Crippen molar-refractivity contribution in [1.29, 1.82) is 0 Å². The van der Waals surface area contributed by atoms with Crippen LogP contribution in [-0.4, -0.2) is 6.71 Å². The highest BCUT2D eigenvalue weighted by molar-refractivity contribution is 7.00. The molecule has 11 aromatic carbocycles. The van der Waals surface area contributed by atoms with E-state index in [0.717, 1.165) is 44.5 Å². The molecular formula is C106H125BN2. The van der Waals surface area contributed by atoms with Crippen LogP contribution in [0.2, 0.25) is 0 Å². The van der Waals surface area contributed by atoms with Gasteiger partial charge in [0, 0.05) is 45.0 Å². The zero-order valence-corrected chi connectivity index (χ0v) is 70.6. The van der Waals surface area contributed by atoms with Gasteiger partial charge in [-0.1, -0.05) is 395 Å². The van der Waals surface area contributed by atoms with E-state index in [2.05, 4.69) is 132 Å². The summed E-state index contributed by atoms with van der Waals surface area (Å²) in [6, 6.07) is 20.9. The zero-order valence-electron chi connectivity index (χ0n) is 90.6. The third-order valence-electron chi connectivity index (χ3n) is 21.4. The molecule has 0 unspecified atom stereocenters. The zero-order chi connectivity index (χ0) is 96.8. The maximum atomic E-state index is 10.9. The van der Waals surface area contributed by atoms with Gasteiger partial charge >= 0.3 is 0 Å². The van der Waals surface area contributed by atoms with E-state index in [4.69, 9.17) is 0 Å². The third-order valence-corrected chi connectivity index (χ3v) is 21.4. The Morgan fingerprint density at radius 2 is 0.495 bits per heavy atom. The lowest BCUT2D eigenvalue weighted by molar-refractivity contribution is 0.568. The number of anilines is 6. The van der Waals surface area contributed by atoms with Crippen molar-refractivity contribution < 1.29 is 27.4 Å². The summed E-state index contributed by atoms with van der Waals surface area (Å²) in [6.45, 7) is 57.9. The van der Waals surface area contributed by atoms with Crippen LogP contribution in [0.4, 0.5) is 34.1 Å². The summed E-state index contributed by atoms with van der Waals surface area (Å²) in [7, 11) is 0. The standard InChI is InChI=1S/C106H125BN2/c1-97(2,3)74-46-40-66(41-47-74)84-34-31-36-86(72-56-80(103(19,20)21)64-81(57-72)104(22,23)24)95(84)108-90-50-44-68(70-52-76(99(7,8)9)62-77(53-70)100(10,11)12)60-88(90)107-89-61-69(71-54-78(101(13,14)15)63-79(55-71)102(16,17)18)45-51-91(89)109(93-39-33-38-92(108)94(93)107)96-85(67-42-48-75(49-43-67)98(4,5)6)35-32-37-87(96)73-58-82(105(25,26)27)65-83(59-73)106(28,29)30/h31-65H,1-30H3/i31D,32D,34D,35D,36D,37D,40D,41D,42D,43D,46D,47D,48D,49D,56D,57D,58D,59D,64D,65D.